The molecule has 1 aromatic heterocycles. The topological polar surface area (TPSA) is 74.6 Å². The van der Waals surface area contributed by atoms with E-state index < -0.39 is 0 Å². The molecule has 0 radical (unpaired) electrons. The zero-order valence-electron chi connectivity index (χ0n) is 12.5. The predicted octanol–water partition coefficient (Wildman–Crippen LogP) is 1.94. The highest BCUT2D eigenvalue weighted by molar-refractivity contribution is 6.03. The monoisotopic (exact) mass is 303 g/mol. The number of nitrogens with one attached hydrogen (secondary N) is 1. The van der Waals surface area contributed by atoms with Crippen molar-refractivity contribution in [3.63, 3.8) is 0 Å². The molecular weight excluding hydrogens is 286 g/mol. The third-order valence-electron chi connectivity index (χ3n) is 3.38. The Balaban J connectivity index is 1.77. The summed E-state index contributed by atoms with van der Waals surface area (Å²) in [5, 5.41) is 7.03. The van der Waals surface area contributed by atoms with E-state index in [0.717, 1.165) is 13.0 Å². The van der Waals surface area contributed by atoms with Crippen LogP contribution in [0, 0.1) is 0 Å². The molecule has 0 unspecified atom stereocenters. The Hall–Kier alpha value is -2.70. The number of methoxy groups -OCH3 is 2. The fraction of sp³-hybridized carbons (Fsp3) is 0.333. The van der Waals surface area contributed by atoms with E-state index in [2.05, 4.69) is 10.4 Å². The molecule has 0 saturated heterocycles. The van der Waals surface area contributed by atoms with E-state index in [0.29, 0.717) is 35.4 Å². The van der Waals surface area contributed by atoms with Crippen LogP contribution in [0.5, 0.6) is 17.4 Å². The van der Waals surface area contributed by atoms with Gasteiger partial charge in [-0.05, 0) is 12.1 Å². The van der Waals surface area contributed by atoms with E-state index in [1.807, 2.05) is 0 Å². The molecule has 1 aliphatic rings. The lowest BCUT2D eigenvalue weighted by Gasteiger charge is -2.13. The van der Waals surface area contributed by atoms with Crippen LogP contribution in [0.25, 0.3) is 0 Å². The van der Waals surface area contributed by atoms with Crippen LogP contribution >= 0.6 is 0 Å². The van der Waals surface area contributed by atoms with Gasteiger partial charge in [0, 0.05) is 30.8 Å². The van der Waals surface area contributed by atoms with Crippen LogP contribution in [-0.4, -0.2) is 36.5 Å². The molecule has 1 amide bonds. The van der Waals surface area contributed by atoms with E-state index >= 15 is 0 Å². The summed E-state index contributed by atoms with van der Waals surface area (Å²) >= 11 is 0. The Kier molecular flexibility index (Phi) is 3.86. The number of hydrogen-bond donors (Lipinski definition) is 1. The van der Waals surface area contributed by atoms with E-state index in [4.69, 9.17) is 14.2 Å². The number of amides is 1. The Morgan fingerprint density at radius 1 is 1.27 bits per heavy atom. The summed E-state index contributed by atoms with van der Waals surface area (Å²) in [4.78, 5) is 12.3. The first-order valence-electron chi connectivity index (χ1n) is 6.95. The molecule has 0 saturated carbocycles. The number of carbonyl (C=O) groups excluding carboxylic acids is 1. The lowest BCUT2D eigenvalue weighted by molar-refractivity contribution is 0.102. The van der Waals surface area contributed by atoms with Gasteiger partial charge in [-0.1, -0.05) is 0 Å². The largest absolute Gasteiger partial charge is 0.493 e. The number of anilines is 1. The molecule has 7 nitrogen and oxygen atoms in total. The molecule has 2 aromatic rings. The minimum Gasteiger partial charge on any atom is -0.493 e. The lowest BCUT2D eigenvalue weighted by atomic mass is 10.2. The van der Waals surface area contributed by atoms with Crippen molar-refractivity contribution in [2.45, 2.75) is 13.0 Å². The fourth-order valence-electron chi connectivity index (χ4n) is 2.29. The summed E-state index contributed by atoms with van der Waals surface area (Å²) < 4.78 is 17.5. The van der Waals surface area contributed by atoms with E-state index in [1.54, 1.807) is 43.2 Å². The number of hydrogen-bond acceptors (Lipinski definition) is 5. The SMILES string of the molecule is COc1ccc(NC(=O)c2cc3n(n2)CCCO3)cc1OC. The second-order valence-electron chi connectivity index (χ2n) is 4.82. The van der Waals surface area contributed by atoms with Gasteiger partial charge >= 0.3 is 0 Å². The normalized spacial score (nSPS) is 13.0. The van der Waals surface area contributed by atoms with Gasteiger partial charge in [0.1, 0.15) is 0 Å². The van der Waals surface area contributed by atoms with Crippen molar-refractivity contribution >= 4 is 11.6 Å². The van der Waals surface area contributed by atoms with Crippen molar-refractivity contribution < 1.29 is 19.0 Å². The van der Waals surface area contributed by atoms with E-state index in [9.17, 15) is 4.79 Å². The highest BCUT2D eigenvalue weighted by atomic mass is 16.5. The van der Waals surface area contributed by atoms with Gasteiger partial charge in [0.15, 0.2) is 17.2 Å². The molecule has 22 heavy (non-hydrogen) atoms. The molecule has 116 valence electrons. The average molecular weight is 303 g/mol. The molecule has 0 atom stereocenters. The minimum absolute atomic E-state index is 0.294. The van der Waals surface area contributed by atoms with Crippen molar-refractivity contribution in [1.29, 1.82) is 0 Å². The van der Waals surface area contributed by atoms with Crippen LogP contribution in [0.3, 0.4) is 0 Å². The molecule has 1 aromatic carbocycles. The van der Waals surface area contributed by atoms with Gasteiger partial charge in [0.05, 0.1) is 20.8 Å². The maximum absolute atomic E-state index is 12.3. The summed E-state index contributed by atoms with van der Waals surface area (Å²) in [6, 6.07) is 6.82. The molecular formula is C15H17N3O4. The molecule has 0 fully saturated rings. The molecule has 1 N–H and O–H groups in total. The van der Waals surface area contributed by atoms with Crippen LogP contribution in [0.4, 0.5) is 5.69 Å². The van der Waals surface area contributed by atoms with Gasteiger partial charge in [0.2, 0.25) is 5.88 Å². The molecule has 2 heterocycles. The van der Waals surface area contributed by atoms with Gasteiger partial charge in [-0.3, -0.25) is 4.79 Å². The highest BCUT2D eigenvalue weighted by Gasteiger charge is 2.18. The van der Waals surface area contributed by atoms with Crippen LogP contribution in [0.1, 0.15) is 16.9 Å². The first-order valence-corrected chi connectivity index (χ1v) is 6.95. The van der Waals surface area contributed by atoms with Crippen molar-refractivity contribution in [1.82, 2.24) is 9.78 Å². The fourth-order valence-corrected chi connectivity index (χ4v) is 2.29. The standard InChI is InChI=1S/C15H17N3O4/c1-20-12-5-4-10(8-13(12)21-2)16-15(19)11-9-14-18(17-11)6-3-7-22-14/h4-5,8-9H,3,6-7H2,1-2H3,(H,16,19). The Morgan fingerprint density at radius 2 is 2.09 bits per heavy atom. The Bertz CT molecular complexity index is 673. The maximum Gasteiger partial charge on any atom is 0.276 e. The number of rotatable bonds is 4. The molecule has 0 bridgehead atoms. The van der Waals surface area contributed by atoms with Crippen LogP contribution < -0.4 is 19.5 Å². The van der Waals surface area contributed by atoms with Gasteiger partial charge < -0.3 is 19.5 Å². The summed E-state index contributed by atoms with van der Waals surface area (Å²) in [7, 11) is 3.11. The first kappa shape index (κ1) is 14.2. The third kappa shape index (κ3) is 2.69. The Labute approximate surface area is 127 Å². The number of aromatic nitrogens is 2. The second kappa shape index (κ2) is 5.97. The lowest BCUT2D eigenvalue weighted by Crippen LogP contribution is -2.16. The zero-order valence-corrected chi connectivity index (χ0v) is 12.5. The maximum atomic E-state index is 12.3. The number of nitrogens with zero attached hydrogens (tertiary/aromatic N) is 2. The number of benzene rings is 1. The molecule has 7 heteroatoms. The summed E-state index contributed by atoms with van der Waals surface area (Å²) in [6.45, 7) is 1.42. The second-order valence-corrected chi connectivity index (χ2v) is 4.82. The quantitative estimate of drug-likeness (QED) is 0.934. The average Bonchev–Trinajstić information content (AvgIpc) is 2.99. The first-order chi connectivity index (χ1) is 10.7. The van der Waals surface area contributed by atoms with Crippen LogP contribution in [0.15, 0.2) is 24.3 Å². The van der Waals surface area contributed by atoms with Crippen molar-refractivity contribution in [2.24, 2.45) is 0 Å². The third-order valence-corrected chi connectivity index (χ3v) is 3.38. The molecule has 1 aliphatic heterocycles. The number of aryl methyl sites for hydroxylation is 1. The van der Waals surface area contributed by atoms with Crippen molar-refractivity contribution in [3.05, 3.63) is 30.0 Å². The predicted molar refractivity (Wildman–Crippen MR) is 79.8 cm³/mol. The number of ether oxygens (including phenoxy) is 3. The smallest absolute Gasteiger partial charge is 0.276 e. The molecule has 3 rings (SSSR count). The molecule has 0 aliphatic carbocycles. The summed E-state index contributed by atoms with van der Waals surface area (Å²) in [5.74, 6) is 1.49. The summed E-state index contributed by atoms with van der Waals surface area (Å²) in [6.07, 6.45) is 0.894. The number of carbonyl (C=O) groups is 1. The van der Waals surface area contributed by atoms with E-state index in [-0.39, 0.29) is 5.91 Å². The Morgan fingerprint density at radius 3 is 2.82 bits per heavy atom. The highest BCUT2D eigenvalue weighted by Crippen LogP contribution is 2.30. The van der Waals surface area contributed by atoms with Gasteiger partial charge in [-0.2, -0.15) is 5.10 Å². The van der Waals surface area contributed by atoms with Crippen molar-refractivity contribution in [2.75, 3.05) is 26.1 Å². The van der Waals surface area contributed by atoms with Gasteiger partial charge in [-0.25, -0.2) is 4.68 Å². The zero-order chi connectivity index (χ0) is 15.5. The van der Waals surface area contributed by atoms with Crippen LogP contribution in [0.2, 0.25) is 0 Å². The number of fused-ring (bicyclic) bond motifs is 1. The summed E-state index contributed by atoms with van der Waals surface area (Å²) in [5.41, 5.74) is 0.932. The van der Waals surface area contributed by atoms with Crippen molar-refractivity contribution in [3.8, 4) is 17.4 Å². The van der Waals surface area contributed by atoms with E-state index in [1.165, 1.54) is 0 Å². The van der Waals surface area contributed by atoms with Gasteiger partial charge in [-0.15, -0.1) is 0 Å². The van der Waals surface area contributed by atoms with Crippen LogP contribution in [-0.2, 0) is 6.54 Å². The molecule has 0 spiro atoms. The van der Waals surface area contributed by atoms with Gasteiger partial charge in [0.25, 0.3) is 5.91 Å². The minimum atomic E-state index is -0.294.